The number of likely N-dealkylation sites (N-methyl/N-ethyl adjacent to an activating group) is 1. The first-order chi connectivity index (χ1) is 7.95. The van der Waals surface area contributed by atoms with Gasteiger partial charge in [0.1, 0.15) is 12.4 Å². The van der Waals surface area contributed by atoms with Gasteiger partial charge in [-0.1, -0.05) is 39.8 Å². The molecule has 1 aromatic rings. The molecule has 0 bridgehead atoms. The zero-order valence-corrected chi connectivity index (χ0v) is 11.6. The van der Waals surface area contributed by atoms with Gasteiger partial charge in [-0.05, 0) is 30.0 Å². The van der Waals surface area contributed by atoms with Crippen LogP contribution in [0, 0.1) is 6.92 Å². The lowest BCUT2D eigenvalue weighted by Gasteiger charge is -2.22. The third-order valence-electron chi connectivity index (χ3n) is 3.42. The molecule has 0 saturated heterocycles. The second-order valence-electron chi connectivity index (χ2n) is 5.84. The monoisotopic (exact) mass is 233 g/mol. The molecule has 0 saturated carbocycles. The average molecular weight is 233 g/mol. The van der Waals surface area contributed by atoms with Gasteiger partial charge < -0.3 is 10.1 Å². The maximum absolute atomic E-state index is 5.94. The Hall–Kier alpha value is -1.02. The molecule has 1 unspecified atom stereocenters. The summed E-state index contributed by atoms with van der Waals surface area (Å²) in [7, 11) is 0. The summed E-state index contributed by atoms with van der Waals surface area (Å²) in [6, 6.07) is 4.79. The summed E-state index contributed by atoms with van der Waals surface area (Å²) in [5.41, 5.74) is 4.15. The van der Waals surface area contributed by atoms with Gasteiger partial charge in [-0.2, -0.15) is 0 Å². The van der Waals surface area contributed by atoms with Gasteiger partial charge in [-0.15, -0.1) is 0 Å². The van der Waals surface area contributed by atoms with Crippen LogP contribution in [-0.4, -0.2) is 13.2 Å². The van der Waals surface area contributed by atoms with E-state index in [4.69, 9.17) is 4.74 Å². The van der Waals surface area contributed by atoms with Crippen LogP contribution in [0.15, 0.2) is 12.1 Å². The molecule has 1 aliphatic rings. The van der Waals surface area contributed by atoms with Crippen molar-refractivity contribution in [2.45, 2.75) is 46.1 Å². The smallest absolute Gasteiger partial charge is 0.128 e. The molecular weight excluding hydrogens is 210 g/mol. The molecule has 0 aliphatic carbocycles. The van der Waals surface area contributed by atoms with E-state index in [1.165, 1.54) is 16.7 Å². The highest BCUT2D eigenvalue weighted by atomic mass is 16.5. The van der Waals surface area contributed by atoms with Gasteiger partial charge >= 0.3 is 0 Å². The van der Waals surface area contributed by atoms with E-state index >= 15 is 0 Å². The highest BCUT2D eigenvalue weighted by Crippen LogP contribution is 2.42. The number of hydrogen-bond donors (Lipinski definition) is 1. The molecule has 0 fully saturated rings. The number of ether oxygens (including phenoxy) is 1. The van der Waals surface area contributed by atoms with Crippen molar-refractivity contribution in [3.63, 3.8) is 0 Å². The summed E-state index contributed by atoms with van der Waals surface area (Å²) in [6.45, 7) is 12.8. The van der Waals surface area contributed by atoms with Gasteiger partial charge in [-0.25, -0.2) is 0 Å². The molecule has 0 amide bonds. The van der Waals surface area contributed by atoms with Crippen molar-refractivity contribution in [2.24, 2.45) is 0 Å². The Morgan fingerprint density at radius 3 is 2.65 bits per heavy atom. The topological polar surface area (TPSA) is 21.3 Å². The summed E-state index contributed by atoms with van der Waals surface area (Å²) in [6.07, 6.45) is 0. The number of benzene rings is 1. The Balaban J connectivity index is 2.50. The Labute approximate surface area is 104 Å². The predicted octanol–water partition coefficient (Wildman–Crippen LogP) is 3.34. The minimum absolute atomic E-state index is 0.138. The van der Waals surface area contributed by atoms with E-state index in [0.717, 1.165) is 18.9 Å². The molecule has 1 atom stereocenters. The van der Waals surface area contributed by atoms with E-state index in [0.29, 0.717) is 6.04 Å². The molecule has 0 radical (unpaired) electrons. The first-order valence-corrected chi connectivity index (χ1v) is 6.45. The molecule has 1 aliphatic heterocycles. The van der Waals surface area contributed by atoms with E-state index in [1.807, 2.05) is 0 Å². The van der Waals surface area contributed by atoms with Crippen LogP contribution < -0.4 is 10.1 Å². The summed E-state index contributed by atoms with van der Waals surface area (Å²) >= 11 is 0. The molecule has 2 heteroatoms. The fraction of sp³-hybridized carbons (Fsp3) is 0.600. The van der Waals surface area contributed by atoms with Gasteiger partial charge in [0.2, 0.25) is 0 Å². The summed E-state index contributed by atoms with van der Waals surface area (Å²) in [4.78, 5) is 0. The van der Waals surface area contributed by atoms with Gasteiger partial charge in [0, 0.05) is 5.56 Å². The van der Waals surface area contributed by atoms with Gasteiger partial charge in [0.25, 0.3) is 0 Å². The lowest BCUT2D eigenvalue weighted by atomic mass is 9.84. The van der Waals surface area contributed by atoms with Crippen LogP contribution in [-0.2, 0) is 5.41 Å². The van der Waals surface area contributed by atoms with Gasteiger partial charge in [-0.3, -0.25) is 0 Å². The highest BCUT2D eigenvalue weighted by molar-refractivity contribution is 5.52. The Bertz CT molecular complexity index is 418. The average Bonchev–Trinajstić information content (AvgIpc) is 2.62. The molecule has 0 spiro atoms. The normalized spacial score (nSPS) is 19.0. The van der Waals surface area contributed by atoms with Crippen LogP contribution in [0.3, 0.4) is 0 Å². The molecule has 2 rings (SSSR count). The molecule has 17 heavy (non-hydrogen) atoms. The highest BCUT2D eigenvalue weighted by Gasteiger charge is 2.31. The standard InChI is InChI=1S/C15H23NO/c1-6-16-12-9-17-14-11(15(3,4)5)8-7-10(2)13(12)14/h7-8,12,16H,6,9H2,1-5H3. The number of aryl methyl sites for hydroxylation is 1. The number of nitrogens with one attached hydrogen (secondary N) is 1. The number of rotatable bonds is 2. The van der Waals surface area contributed by atoms with Crippen molar-refractivity contribution in [1.82, 2.24) is 5.32 Å². The van der Waals surface area contributed by atoms with Crippen molar-refractivity contribution in [1.29, 1.82) is 0 Å². The van der Waals surface area contributed by atoms with E-state index in [1.54, 1.807) is 0 Å². The fourth-order valence-electron chi connectivity index (χ4n) is 2.53. The van der Waals surface area contributed by atoms with Crippen LogP contribution in [0.25, 0.3) is 0 Å². The van der Waals surface area contributed by atoms with Gasteiger partial charge in [0.05, 0.1) is 6.04 Å². The van der Waals surface area contributed by atoms with Crippen LogP contribution in [0.2, 0.25) is 0 Å². The van der Waals surface area contributed by atoms with Crippen molar-refractivity contribution in [3.05, 3.63) is 28.8 Å². The molecule has 1 heterocycles. The van der Waals surface area contributed by atoms with Crippen molar-refractivity contribution >= 4 is 0 Å². The van der Waals surface area contributed by atoms with Crippen molar-refractivity contribution in [2.75, 3.05) is 13.2 Å². The summed E-state index contributed by atoms with van der Waals surface area (Å²) in [5, 5.41) is 3.50. The Kier molecular flexibility index (Phi) is 3.17. The minimum atomic E-state index is 0.138. The van der Waals surface area contributed by atoms with Crippen molar-refractivity contribution in [3.8, 4) is 5.75 Å². The van der Waals surface area contributed by atoms with E-state index in [2.05, 4.69) is 52.1 Å². The quantitative estimate of drug-likeness (QED) is 0.846. The molecular formula is C15H23NO. The summed E-state index contributed by atoms with van der Waals surface area (Å²) in [5.74, 6) is 1.11. The van der Waals surface area contributed by atoms with E-state index in [9.17, 15) is 0 Å². The zero-order valence-electron chi connectivity index (χ0n) is 11.6. The number of fused-ring (bicyclic) bond motifs is 1. The van der Waals surface area contributed by atoms with Crippen molar-refractivity contribution < 1.29 is 4.74 Å². The molecule has 1 aromatic carbocycles. The van der Waals surface area contributed by atoms with Gasteiger partial charge in [0.15, 0.2) is 0 Å². The molecule has 1 N–H and O–H groups in total. The molecule has 0 aromatic heterocycles. The van der Waals surface area contributed by atoms with Crippen LogP contribution in [0.1, 0.15) is 50.4 Å². The minimum Gasteiger partial charge on any atom is -0.491 e. The van der Waals surface area contributed by atoms with Crippen LogP contribution in [0.4, 0.5) is 0 Å². The SMILES string of the molecule is CCNC1COc2c(C(C)(C)C)ccc(C)c21. The first-order valence-electron chi connectivity index (χ1n) is 6.45. The van der Waals surface area contributed by atoms with E-state index < -0.39 is 0 Å². The summed E-state index contributed by atoms with van der Waals surface area (Å²) < 4.78 is 5.94. The third kappa shape index (κ3) is 2.19. The maximum Gasteiger partial charge on any atom is 0.128 e. The zero-order chi connectivity index (χ0) is 12.6. The predicted molar refractivity (Wildman–Crippen MR) is 71.8 cm³/mol. The molecule has 2 nitrogen and oxygen atoms in total. The first kappa shape index (κ1) is 12.4. The number of hydrogen-bond acceptors (Lipinski definition) is 2. The second-order valence-corrected chi connectivity index (χ2v) is 5.84. The lowest BCUT2D eigenvalue weighted by molar-refractivity contribution is 0.307. The maximum atomic E-state index is 5.94. The van der Waals surface area contributed by atoms with E-state index in [-0.39, 0.29) is 5.41 Å². The Morgan fingerprint density at radius 2 is 2.06 bits per heavy atom. The Morgan fingerprint density at radius 1 is 1.35 bits per heavy atom. The van der Waals surface area contributed by atoms with Crippen LogP contribution in [0.5, 0.6) is 5.75 Å². The fourth-order valence-corrected chi connectivity index (χ4v) is 2.53. The molecule has 94 valence electrons. The second kappa shape index (κ2) is 4.34. The third-order valence-corrected chi connectivity index (χ3v) is 3.42. The largest absolute Gasteiger partial charge is 0.491 e. The lowest BCUT2D eigenvalue weighted by Crippen LogP contribution is -2.22. The van der Waals surface area contributed by atoms with Crippen LogP contribution >= 0.6 is 0 Å².